The largest absolute Gasteiger partial charge is 0.330 e. The van der Waals surface area contributed by atoms with E-state index in [0.29, 0.717) is 18.5 Å². The van der Waals surface area contributed by atoms with Gasteiger partial charge in [0.2, 0.25) is 0 Å². The van der Waals surface area contributed by atoms with Gasteiger partial charge in [-0.3, -0.25) is 9.89 Å². The smallest absolute Gasteiger partial charge is 0.263 e. The summed E-state index contributed by atoms with van der Waals surface area (Å²) in [5.74, 6) is 0. The Morgan fingerprint density at radius 3 is 2.95 bits per heavy atom. The van der Waals surface area contributed by atoms with E-state index in [2.05, 4.69) is 10.2 Å². The molecule has 0 bridgehead atoms. The van der Waals surface area contributed by atoms with Crippen molar-refractivity contribution in [3.63, 3.8) is 0 Å². The summed E-state index contributed by atoms with van der Waals surface area (Å²) >= 11 is 1.48. The maximum atomic E-state index is 12.7. The minimum atomic E-state index is 0.00486. The van der Waals surface area contributed by atoms with Gasteiger partial charge in [0.15, 0.2) is 0 Å². The van der Waals surface area contributed by atoms with E-state index >= 15 is 0 Å². The second-order valence-electron chi connectivity index (χ2n) is 4.60. The Bertz CT molecular complexity index is 821. The Morgan fingerprint density at radius 1 is 1.40 bits per heavy atom. The van der Waals surface area contributed by atoms with E-state index in [1.807, 2.05) is 30.5 Å². The van der Waals surface area contributed by atoms with E-state index in [1.54, 1.807) is 4.57 Å². The molecule has 3 N–H and O–H groups in total. The van der Waals surface area contributed by atoms with Gasteiger partial charge in [-0.25, -0.2) is 0 Å². The number of nitrogens with zero attached hydrogens (tertiary/aromatic N) is 2. The van der Waals surface area contributed by atoms with Crippen LogP contribution in [-0.4, -0.2) is 27.6 Å². The van der Waals surface area contributed by atoms with Crippen LogP contribution in [0.15, 0.2) is 34.1 Å². The van der Waals surface area contributed by atoms with Crippen molar-refractivity contribution in [1.82, 2.24) is 14.8 Å². The van der Waals surface area contributed by atoms with Gasteiger partial charge in [-0.2, -0.15) is 5.10 Å². The molecular formula is C14H16N4OS. The summed E-state index contributed by atoms with van der Waals surface area (Å²) in [6, 6.07) is 7.89. The molecular weight excluding hydrogens is 272 g/mol. The Morgan fingerprint density at radius 2 is 2.20 bits per heavy atom. The number of nitrogens with two attached hydrogens (primary N) is 1. The van der Waals surface area contributed by atoms with Gasteiger partial charge in [0.1, 0.15) is 5.03 Å². The maximum Gasteiger partial charge on any atom is 0.263 e. The molecule has 104 valence electrons. The fourth-order valence-electron chi connectivity index (χ4n) is 2.50. The van der Waals surface area contributed by atoms with E-state index in [-0.39, 0.29) is 5.56 Å². The summed E-state index contributed by atoms with van der Waals surface area (Å²) in [6.45, 7) is 1.20. The van der Waals surface area contributed by atoms with E-state index in [4.69, 9.17) is 5.73 Å². The summed E-state index contributed by atoms with van der Waals surface area (Å²) in [4.78, 5) is 12.7. The molecule has 0 amide bonds. The molecule has 1 aromatic carbocycles. The second kappa shape index (κ2) is 5.30. The zero-order valence-corrected chi connectivity index (χ0v) is 12.0. The molecule has 0 aliphatic heterocycles. The molecule has 5 nitrogen and oxygen atoms in total. The van der Waals surface area contributed by atoms with Crippen LogP contribution < -0.4 is 11.3 Å². The summed E-state index contributed by atoms with van der Waals surface area (Å²) in [5, 5.41) is 9.69. The van der Waals surface area contributed by atoms with Gasteiger partial charge in [-0.05, 0) is 25.3 Å². The molecule has 0 fully saturated rings. The standard InChI is InChI=1S/C14H16N4OS/c1-20-13-11-12(16-17-13)9-5-2-3-6-10(9)18(14(11)19)8-4-7-15/h2-3,5-6H,4,7-8,15H2,1H3,(H,16,17). The second-order valence-corrected chi connectivity index (χ2v) is 5.39. The van der Waals surface area contributed by atoms with Gasteiger partial charge in [0.25, 0.3) is 5.56 Å². The number of H-pyrrole nitrogens is 1. The minimum absolute atomic E-state index is 0.00486. The van der Waals surface area contributed by atoms with E-state index in [1.165, 1.54) is 11.8 Å². The summed E-state index contributed by atoms with van der Waals surface area (Å²) in [7, 11) is 0. The molecule has 0 spiro atoms. The molecule has 2 aromatic heterocycles. The maximum absolute atomic E-state index is 12.7. The van der Waals surface area contributed by atoms with Crippen LogP contribution in [0.4, 0.5) is 0 Å². The van der Waals surface area contributed by atoms with Crippen molar-refractivity contribution >= 4 is 33.6 Å². The average molecular weight is 288 g/mol. The fraction of sp³-hybridized carbons (Fsp3) is 0.286. The van der Waals surface area contributed by atoms with Crippen molar-refractivity contribution in [2.75, 3.05) is 12.8 Å². The first-order chi connectivity index (χ1) is 9.77. The number of rotatable bonds is 4. The first kappa shape index (κ1) is 13.2. The highest BCUT2D eigenvalue weighted by atomic mass is 32.2. The molecule has 0 saturated carbocycles. The van der Waals surface area contributed by atoms with E-state index in [0.717, 1.165) is 27.9 Å². The Hall–Kier alpha value is -1.79. The number of pyridine rings is 1. The lowest BCUT2D eigenvalue weighted by molar-refractivity contribution is 0.653. The van der Waals surface area contributed by atoms with Crippen LogP contribution in [0.1, 0.15) is 6.42 Å². The van der Waals surface area contributed by atoms with E-state index in [9.17, 15) is 4.79 Å². The Labute approximate surface area is 120 Å². The quantitative estimate of drug-likeness (QED) is 0.719. The average Bonchev–Trinajstić information content (AvgIpc) is 2.91. The molecule has 0 aliphatic carbocycles. The van der Waals surface area contributed by atoms with Crippen LogP contribution in [0, 0.1) is 0 Å². The number of aromatic nitrogens is 3. The van der Waals surface area contributed by atoms with Crippen molar-refractivity contribution in [2.24, 2.45) is 5.73 Å². The monoisotopic (exact) mass is 288 g/mol. The molecule has 0 aliphatic rings. The third-order valence-corrected chi connectivity index (χ3v) is 4.12. The number of aromatic amines is 1. The molecule has 3 rings (SSSR count). The van der Waals surface area contributed by atoms with Gasteiger partial charge in [-0.15, -0.1) is 11.8 Å². The fourth-order valence-corrected chi connectivity index (χ4v) is 3.03. The number of benzene rings is 1. The molecule has 0 saturated heterocycles. The van der Waals surface area contributed by atoms with Crippen LogP contribution >= 0.6 is 11.8 Å². The number of thioether (sulfide) groups is 1. The third kappa shape index (κ3) is 1.92. The van der Waals surface area contributed by atoms with Crippen LogP contribution in [0.5, 0.6) is 0 Å². The van der Waals surface area contributed by atoms with Gasteiger partial charge in [0, 0.05) is 11.9 Å². The van der Waals surface area contributed by atoms with Crippen LogP contribution in [0.3, 0.4) is 0 Å². The zero-order valence-electron chi connectivity index (χ0n) is 11.2. The van der Waals surface area contributed by atoms with Crippen molar-refractivity contribution in [2.45, 2.75) is 18.0 Å². The van der Waals surface area contributed by atoms with Crippen molar-refractivity contribution in [1.29, 1.82) is 0 Å². The molecule has 2 heterocycles. The van der Waals surface area contributed by atoms with Crippen molar-refractivity contribution in [3.05, 3.63) is 34.6 Å². The number of hydrogen-bond acceptors (Lipinski definition) is 4. The lowest BCUT2D eigenvalue weighted by Crippen LogP contribution is -2.22. The number of hydrogen-bond donors (Lipinski definition) is 2. The topological polar surface area (TPSA) is 76.7 Å². The molecule has 20 heavy (non-hydrogen) atoms. The van der Waals surface area contributed by atoms with Crippen molar-refractivity contribution in [3.8, 4) is 0 Å². The Balaban J connectivity index is 2.43. The highest BCUT2D eigenvalue weighted by molar-refractivity contribution is 7.98. The van der Waals surface area contributed by atoms with Gasteiger partial charge < -0.3 is 10.3 Å². The number of fused-ring (bicyclic) bond motifs is 3. The number of nitrogens with one attached hydrogen (secondary N) is 1. The first-order valence-electron chi connectivity index (χ1n) is 6.51. The van der Waals surface area contributed by atoms with Crippen LogP contribution in [0.25, 0.3) is 21.8 Å². The number of para-hydroxylation sites is 1. The molecule has 3 aromatic rings. The Kier molecular flexibility index (Phi) is 3.50. The van der Waals surface area contributed by atoms with E-state index < -0.39 is 0 Å². The van der Waals surface area contributed by atoms with Gasteiger partial charge in [-0.1, -0.05) is 18.2 Å². The molecule has 0 atom stereocenters. The minimum Gasteiger partial charge on any atom is -0.330 e. The normalized spacial score (nSPS) is 11.5. The van der Waals surface area contributed by atoms with Crippen LogP contribution in [-0.2, 0) is 6.54 Å². The predicted molar refractivity (Wildman–Crippen MR) is 83.3 cm³/mol. The summed E-state index contributed by atoms with van der Waals surface area (Å²) < 4.78 is 1.81. The van der Waals surface area contributed by atoms with Crippen LogP contribution in [0.2, 0.25) is 0 Å². The highest BCUT2D eigenvalue weighted by Gasteiger charge is 2.15. The highest BCUT2D eigenvalue weighted by Crippen LogP contribution is 2.26. The summed E-state index contributed by atoms with van der Waals surface area (Å²) in [6.07, 6.45) is 2.70. The molecule has 0 radical (unpaired) electrons. The SMILES string of the molecule is CSc1n[nH]c2c1c(=O)n(CCCN)c1ccccc21. The van der Waals surface area contributed by atoms with Gasteiger partial charge in [0.05, 0.1) is 16.4 Å². The van der Waals surface area contributed by atoms with Gasteiger partial charge >= 0.3 is 0 Å². The third-order valence-electron chi connectivity index (χ3n) is 3.44. The number of aryl methyl sites for hydroxylation is 1. The zero-order chi connectivity index (χ0) is 14.1. The van der Waals surface area contributed by atoms with Crippen molar-refractivity contribution < 1.29 is 0 Å². The molecule has 0 unspecified atom stereocenters. The first-order valence-corrected chi connectivity index (χ1v) is 7.74. The predicted octanol–water partition coefficient (Wildman–Crippen LogP) is 1.95. The summed E-state index contributed by atoms with van der Waals surface area (Å²) in [5.41, 5.74) is 7.33. The molecule has 6 heteroatoms. The lowest BCUT2D eigenvalue weighted by Gasteiger charge is -2.10. The lowest BCUT2D eigenvalue weighted by atomic mass is 10.1.